The Hall–Kier alpha value is -2.62. The van der Waals surface area contributed by atoms with Crippen molar-refractivity contribution in [2.45, 2.75) is 19.9 Å². The third-order valence-electron chi connectivity index (χ3n) is 4.57. The molecule has 1 aliphatic heterocycles. The lowest BCUT2D eigenvalue weighted by Gasteiger charge is -2.30. The predicted octanol–water partition coefficient (Wildman–Crippen LogP) is 3.65. The number of carbonyl (C=O) groups excluding carboxylic acids is 1. The van der Waals surface area contributed by atoms with E-state index in [1.54, 1.807) is 6.07 Å². The quantitative estimate of drug-likeness (QED) is 0.407. The number of nitrogens with one attached hydrogen (secondary N) is 3. The van der Waals surface area contributed by atoms with Gasteiger partial charge in [-0.3, -0.25) is 4.79 Å². The number of thiocarbonyl (C=S) groups is 1. The molecule has 0 aliphatic carbocycles. The number of ether oxygens (including phenoxy) is 2. The summed E-state index contributed by atoms with van der Waals surface area (Å²) in [4.78, 5) is 13.2. The van der Waals surface area contributed by atoms with Gasteiger partial charge in [0.1, 0.15) is 6.61 Å². The third kappa shape index (κ3) is 5.75. The van der Waals surface area contributed by atoms with E-state index in [0.29, 0.717) is 40.2 Å². The molecule has 0 saturated heterocycles. The number of aliphatic hydroxyl groups is 1. The van der Waals surface area contributed by atoms with Gasteiger partial charge in [0.2, 0.25) is 0 Å². The molecule has 0 unspecified atom stereocenters. The Balaban J connectivity index is 1.94. The van der Waals surface area contributed by atoms with E-state index in [0.717, 1.165) is 10.0 Å². The smallest absolute Gasteiger partial charge is 0.255 e. The highest BCUT2D eigenvalue weighted by atomic mass is 79.9. The van der Waals surface area contributed by atoms with Crippen LogP contribution in [0.3, 0.4) is 0 Å². The molecule has 1 amide bonds. The molecule has 0 bridgehead atoms. The van der Waals surface area contributed by atoms with E-state index in [4.69, 9.17) is 26.8 Å². The van der Waals surface area contributed by atoms with Gasteiger partial charge in [-0.25, -0.2) is 0 Å². The molecule has 1 heterocycles. The van der Waals surface area contributed by atoms with Gasteiger partial charge in [0.15, 0.2) is 16.6 Å². The van der Waals surface area contributed by atoms with E-state index in [1.807, 2.05) is 50.2 Å². The highest BCUT2D eigenvalue weighted by Crippen LogP contribution is 2.35. The second-order valence-corrected chi connectivity index (χ2v) is 8.07. The molecule has 164 valence electrons. The van der Waals surface area contributed by atoms with Crippen LogP contribution < -0.4 is 25.4 Å². The molecule has 7 nitrogen and oxygen atoms in total. The molecule has 2 aromatic carbocycles. The number of amides is 1. The van der Waals surface area contributed by atoms with Gasteiger partial charge in [-0.05, 0) is 68.0 Å². The van der Waals surface area contributed by atoms with Crippen molar-refractivity contribution in [3.63, 3.8) is 0 Å². The first kappa shape index (κ1) is 23.1. The molecule has 9 heteroatoms. The minimum Gasteiger partial charge on any atom is -0.490 e. The number of allylic oxidation sites excluding steroid dienone is 1. The molecule has 2 aromatic rings. The average molecular weight is 506 g/mol. The maximum absolute atomic E-state index is 13.2. The SMILES string of the molecule is CCOc1cc([C@@H]2NC(=S)NC(C)=C2C(=O)Nc2ccc(Br)cc2)ccc1OCCO. The van der Waals surface area contributed by atoms with Crippen LogP contribution in [0, 0.1) is 0 Å². The highest BCUT2D eigenvalue weighted by molar-refractivity contribution is 9.10. The van der Waals surface area contributed by atoms with Gasteiger partial charge >= 0.3 is 0 Å². The molecule has 0 spiro atoms. The summed E-state index contributed by atoms with van der Waals surface area (Å²) in [6.45, 7) is 4.21. The Morgan fingerprint density at radius 2 is 1.94 bits per heavy atom. The van der Waals surface area contributed by atoms with Crippen molar-refractivity contribution >= 4 is 44.9 Å². The van der Waals surface area contributed by atoms with E-state index in [9.17, 15) is 4.79 Å². The van der Waals surface area contributed by atoms with E-state index in [1.165, 1.54) is 0 Å². The number of halogens is 1. The van der Waals surface area contributed by atoms with Crippen LogP contribution in [0.2, 0.25) is 0 Å². The van der Waals surface area contributed by atoms with E-state index < -0.39 is 6.04 Å². The average Bonchev–Trinajstić information content (AvgIpc) is 2.74. The van der Waals surface area contributed by atoms with Gasteiger partial charge < -0.3 is 30.5 Å². The fourth-order valence-electron chi connectivity index (χ4n) is 3.22. The Bertz CT molecular complexity index is 995. The zero-order valence-corrected chi connectivity index (χ0v) is 19.6. The topological polar surface area (TPSA) is 91.9 Å². The molecular formula is C22H24BrN3O4S. The van der Waals surface area contributed by atoms with Crippen molar-refractivity contribution in [1.29, 1.82) is 0 Å². The molecule has 1 aliphatic rings. The fourth-order valence-corrected chi connectivity index (χ4v) is 3.76. The molecule has 4 N–H and O–H groups in total. The van der Waals surface area contributed by atoms with Gasteiger partial charge in [0.25, 0.3) is 5.91 Å². The predicted molar refractivity (Wildman–Crippen MR) is 127 cm³/mol. The summed E-state index contributed by atoms with van der Waals surface area (Å²) in [5.41, 5.74) is 2.66. The Kier molecular flexibility index (Phi) is 7.89. The Labute approximate surface area is 195 Å². The first-order valence-corrected chi connectivity index (χ1v) is 11.0. The Morgan fingerprint density at radius 3 is 2.61 bits per heavy atom. The molecule has 3 rings (SSSR count). The van der Waals surface area contributed by atoms with Crippen molar-refractivity contribution in [3.8, 4) is 11.5 Å². The lowest BCUT2D eigenvalue weighted by molar-refractivity contribution is -0.113. The molecule has 0 radical (unpaired) electrons. The number of anilines is 1. The van der Waals surface area contributed by atoms with Crippen molar-refractivity contribution in [2.24, 2.45) is 0 Å². The van der Waals surface area contributed by atoms with Crippen molar-refractivity contribution in [1.82, 2.24) is 10.6 Å². The van der Waals surface area contributed by atoms with Crippen LogP contribution in [0.4, 0.5) is 5.69 Å². The molecular weight excluding hydrogens is 482 g/mol. The van der Waals surface area contributed by atoms with Crippen LogP contribution in [-0.2, 0) is 4.79 Å². The molecule has 0 saturated carbocycles. The van der Waals surface area contributed by atoms with Gasteiger partial charge in [-0.2, -0.15) is 0 Å². The van der Waals surface area contributed by atoms with Crippen LogP contribution in [0.25, 0.3) is 0 Å². The normalized spacial score (nSPS) is 15.7. The van der Waals surface area contributed by atoms with E-state index in [-0.39, 0.29) is 19.1 Å². The standard InChI is InChI=1S/C22H24BrN3O4S/c1-3-29-18-12-14(4-9-17(18)30-11-10-27)20-19(13(2)24-22(31)26-20)21(28)25-16-7-5-15(23)6-8-16/h4-9,12,20,27H,3,10-11H2,1-2H3,(H,25,28)(H2,24,26,31)/t20-/m0/s1. The molecule has 1 atom stereocenters. The maximum atomic E-state index is 13.2. The largest absolute Gasteiger partial charge is 0.490 e. The van der Waals surface area contributed by atoms with Crippen LogP contribution >= 0.6 is 28.1 Å². The summed E-state index contributed by atoms with van der Waals surface area (Å²) in [5, 5.41) is 18.6. The zero-order chi connectivity index (χ0) is 22.4. The number of benzene rings is 2. The second-order valence-electron chi connectivity index (χ2n) is 6.74. The lowest BCUT2D eigenvalue weighted by atomic mass is 9.94. The highest BCUT2D eigenvalue weighted by Gasteiger charge is 2.30. The van der Waals surface area contributed by atoms with E-state index in [2.05, 4.69) is 31.9 Å². The zero-order valence-electron chi connectivity index (χ0n) is 17.2. The third-order valence-corrected chi connectivity index (χ3v) is 5.31. The lowest BCUT2D eigenvalue weighted by Crippen LogP contribution is -2.45. The molecule has 0 aromatic heterocycles. The van der Waals surface area contributed by atoms with Gasteiger partial charge in [-0.1, -0.05) is 22.0 Å². The molecule has 0 fully saturated rings. The fraction of sp³-hybridized carbons (Fsp3) is 0.273. The first-order chi connectivity index (χ1) is 14.9. The number of hydrogen-bond acceptors (Lipinski definition) is 5. The van der Waals surface area contributed by atoms with Gasteiger partial charge in [0, 0.05) is 15.9 Å². The van der Waals surface area contributed by atoms with Crippen molar-refractivity contribution in [3.05, 3.63) is 63.8 Å². The maximum Gasteiger partial charge on any atom is 0.255 e. The van der Waals surface area contributed by atoms with Crippen LogP contribution in [-0.4, -0.2) is 35.9 Å². The van der Waals surface area contributed by atoms with Crippen molar-refractivity contribution < 1.29 is 19.4 Å². The second kappa shape index (κ2) is 10.6. The summed E-state index contributed by atoms with van der Waals surface area (Å²) in [7, 11) is 0. The minimum absolute atomic E-state index is 0.0975. The van der Waals surface area contributed by atoms with Crippen LogP contribution in [0.1, 0.15) is 25.5 Å². The number of carbonyl (C=O) groups is 1. The van der Waals surface area contributed by atoms with Gasteiger partial charge in [0.05, 0.1) is 24.8 Å². The molecule has 31 heavy (non-hydrogen) atoms. The summed E-state index contributed by atoms with van der Waals surface area (Å²) < 4.78 is 12.2. The number of aliphatic hydroxyl groups excluding tert-OH is 1. The summed E-state index contributed by atoms with van der Waals surface area (Å²) in [5.74, 6) is 0.814. The minimum atomic E-state index is -0.477. The van der Waals surface area contributed by atoms with Crippen molar-refractivity contribution in [2.75, 3.05) is 25.1 Å². The number of hydrogen-bond donors (Lipinski definition) is 4. The summed E-state index contributed by atoms with van der Waals surface area (Å²) >= 11 is 8.73. The Morgan fingerprint density at radius 1 is 1.19 bits per heavy atom. The van der Waals surface area contributed by atoms with Crippen LogP contribution in [0.15, 0.2) is 58.2 Å². The first-order valence-electron chi connectivity index (χ1n) is 9.78. The monoisotopic (exact) mass is 505 g/mol. The van der Waals surface area contributed by atoms with Crippen LogP contribution in [0.5, 0.6) is 11.5 Å². The summed E-state index contributed by atoms with van der Waals surface area (Å²) in [6.07, 6.45) is 0. The number of rotatable bonds is 8. The van der Waals surface area contributed by atoms with E-state index >= 15 is 0 Å². The van der Waals surface area contributed by atoms with Gasteiger partial charge in [-0.15, -0.1) is 0 Å². The summed E-state index contributed by atoms with van der Waals surface area (Å²) in [6, 6.07) is 12.3.